The van der Waals surface area contributed by atoms with Gasteiger partial charge in [-0.2, -0.15) is 0 Å². The van der Waals surface area contributed by atoms with E-state index >= 15 is 0 Å². The molecule has 1 nitrogen and oxygen atoms in total. The fraction of sp³-hybridized carbons (Fsp3) is 1.00. The van der Waals surface area contributed by atoms with E-state index in [1.807, 2.05) is 13.8 Å². The zero-order chi connectivity index (χ0) is 6.57. The summed E-state index contributed by atoms with van der Waals surface area (Å²) >= 11 is 0. The second kappa shape index (κ2) is 3.96. The molecule has 2 unspecified atom stereocenters. The van der Waals surface area contributed by atoms with Crippen LogP contribution >= 0.6 is 0 Å². The lowest BCUT2D eigenvalue weighted by molar-refractivity contribution is 0.0498. The first-order valence-electron chi connectivity index (χ1n) is 3.07. The Morgan fingerprint density at radius 3 is 2.12 bits per heavy atom. The Kier molecular flexibility index (Phi) is 3.97. The molecule has 0 fully saturated rings. The van der Waals surface area contributed by atoms with Gasteiger partial charge in [-0.15, -0.1) is 0 Å². The second-order valence-electron chi connectivity index (χ2n) is 2.06. The van der Waals surface area contributed by atoms with Crippen molar-refractivity contribution in [1.29, 1.82) is 0 Å². The van der Waals surface area contributed by atoms with E-state index in [0.717, 1.165) is 6.42 Å². The van der Waals surface area contributed by atoms with E-state index in [4.69, 9.17) is 12.6 Å². The first-order chi connectivity index (χ1) is 3.66. The van der Waals surface area contributed by atoms with Crippen molar-refractivity contribution >= 4 is 7.85 Å². The van der Waals surface area contributed by atoms with Gasteiger partial charge in [0.15, 0.2) is 0 Å². The monoisotopic (exact) mass is 112 g/mol. The van der Waals surface area contributed by atoms with Crippen molar-refractivity contribution in [3.05, 3.63) is 0 Å². The van der Waals surface area contributed by atoms with Crippen LogP contribution in [0.25, 0.3) is 0 Å². The maximum absolute atomic E-state index is 5.35. The molecular formula is C6H13BO. The number of hydrogen-bond acceptors (Lipinski definition) is 1. The van der Waals surface area contributed by atoms with Crippen molar-refractivity contribution in [3.63, 3.8) is 0 Å². The minimum Gasteiger partial charge on any atom is -0.385 e. The normalized spacial score (nSPS) is 17.9. The van der Waals surface area contributed by atoms with Gasteiger partial charge >= 0.3 is 0 Å². The molecule has 0 bridgehead atoms. The number of rotatable bonds is 3. The highest BCUT2D eigenvalue weighted by Gasteiger charge is 1.98. The van der Waals surface area contributed by atoms with Crippen molar-refractivity contribution < 1.29 is 4.74 Å². The Bertz CT molecular complexity index is 54.5. The molecule has 0 aromatic rings. The van der Waals surface area contributed by atoms with E-state index in [2.05, 4.69) is 6.92 Å². The van der Waals surface area contributed by atoms with Gasteiger partial charge in [-0.25, -0.2) is 0 Å². The smallest absolute Gasteiger partial charge is 0.108 e. The Balaban J connectivity index is 3.10. The maximum atomic E-state index is 5.35. The van der Waals surface area contributed by atoms with E-state index in [-0.39, 0.29) is 6.00 Å². The SMILES string of the molecule is [B]C(C)OC(C)CC. The highest BCUT2D eigenvalue weighted by atomic mass is 16.5. The third-order valence-electron chi connectivity index (χ3n) is 1.02. The molecule has 46 valence electrons. The highest BCUT2D eigenvalue weighted by Crippen LogP contribution is 1.97. The van der Waals surface area contributed by atoms with E-state index in [0.29, 0.717) is 6.10 Å². The average Bonchev–Trinajstić information content (AvgIpc) is 1.65. The zero-order valence-electron chi connectivity index (χ0n) is 5.85. The van der Waals surface area contributed by atoms with Crippen molar-refractivity contribution in [2.45, 2.75) is 39.3 Å². The second-order valence-corrected chi connectivity index (χ2v) is 2.06. The van der Waals surface area contributed by atoms with Crippen molar-refractivity contribution in [1.82, 2.24) is 0 Å². The van der Waals surface area contributed by atoms with Crippen LogP contribution < -0.4 is 0 Å². The van der Waals surface area contributed by atoms with Crippen LogP contribution in [0.15, 0.2) is 0 Å². The molecule has 2 radical (unpaired) electrons. The van der Waals surface area contributed by atoms with E-state index < -0.39 is 0 Å². The van der Waals surface area contributed by atoms with Crippen molar-refractivity contribution in [2.75, 3.05) is 0 Å². The van der Waals surface area contributed by atoms with Crippen LogP contribution in [0.1, 0.15) is 27.2 Å². The molecule has 8 heavy (non-hydrogen) atoms. The molecule has 0 aromatic heterocycles. The maximum Gasteiger partial charge on any atom is 0.108 e. The van der Waals surface area contributed by atoms with Crippen LogP contribution in [0.5, 0.6) is 0 Å². The highest BCUT2D eigenvalue weighted by molar-refractivity contribution is 6.10. The van der Waals surface area contributed by atoms with Crippen molar-refractivity contribution in [2.24, 2.45) is 0 Å². The summed E-state index contributed by atoms with van der Waals surface area (Å²) in [6.07, 6.45) is 1.33. The molecule has 0 rings (SSSR count). The molecule has 0 aliphatic rings. The Labute approximate surface area is 52.8 Å². The first-order valence-corrected chi connectivity index (χ1v) is 3.07. The van der Waals surface area contributed by atoms with Crippen molar-refractivity contribution in [3.8, 4) is 0 Å². The summed E-state index contributed by atoms with van der Waals surface area (Å²) in [5.41, 5.74) is 0. The lowest BCUT2D eigenvalue weighted by Crippen LogP contribution is -2.15. The van der Waals surface area contributed by atoms with Crippen LogP contribution in [0.4, 0.5) is 0 Å². The lowest BCUT2D eigenvalue weighted by Gasteiger charge is -2.13. The molecular weight excluding hydrogens is 98.9 g/mol. The minimum atomic E-state index is -0.120. The predicted octanol–water partition coefficient (Wildman–Crippen LogP) is 1.32. The molecule has 0 aromatic carbocycles. The standard InChI is InChI=1S/C6H13BO/c1-4-5(2)8-6(3)7/h5-6H,4H2,1-3H3. The van der Waals surface area contributed by atoms with E-state index in [1.54, 1.807) is 0 Å². The summed E-state index contributed by atoms with van der Waals surface area (Å²) in [7, 11) is 5.35. The lowest BCUT2D eigenvalue weighted by atomic mass is 10.0. The Morgan fingerprint density at radius 2 is 2.00 bits per heavy atom. The third kappa shape index (κ3) is 4.19. The minimum absolute atomic E-state index is 0.120. The molecule has 0 amide bonds. The molecule has 0 spiro atoms. The van der Waals surface area contributed by atoms with Gasteiger partial charge in [0.1, 0.15) is 7.85 Å². The number of hydrogen-bond donors (Lipinski definition) is 0. The van der Waals surface area contributed by atoms with Gasteiger partial charge in [-0.1, -0.05) is 6.92 Å². The average molecular weight is 112 g/mol. The predicted molar refractivity (Wildman–Crippen MR) is 36.1 cm³/mol. The first kappa shape index (κ1) is 8.02. The van der Waals surface area contributed by atoms with Gasteiger partial charge < -0.3 is 4.74 Å². The van der Waals surface area contributed by atoms with Gasteiger partial charge in [-0.05, 0) is 20.3 Å². The summed E-state index contributed by atoms with van der Waals surface area (Å²) in [6.45, 7) is 5.93. The van der Waals surface area contributed by atoms with Crippen LogP contribution in [0.3, 0.4) is 0 Å². The molecule has 2 heteroatoms. The molecule has 0 saturated heterocycles. The summed E-state index contributed by atoms with van der Waals surface area (Å²) in [5.74, 6) is 0. The largest absolute Gasteiger partial charge is 0.385 e. The molecule has 0 heterocycles. The van der Waals surface area contributed by atoms with Crippen LogP contribution in [0, 0.1) is 0 Å². The topological polar surface area (TPSA) is 9.23 Å². The van der Waals surface area contributed by atoms with Gasteiger partial charge in [0.2, 0.25) is 0 Å². The van der Waals surface area contributed by atoms with Crippen LogP contribution in [-0.4, -0.2) is 20.0 Å². The summed E-state index contributed by atoms with van der Waals surface area (Å²) in [6, 6.07) is -0.120. The fourth-order valence-electron chi connectivity index (χ4n) is 0.463. The molecule has 0 aliphatic carbocycles. The Hall–Kier alpha value is 0.0249. The summed E-state index contributed by atoms with van der Waals surface area (Å²) in [4.78, 5) is 0. The summed E-state index contributed by atoms with van der Waals surface area (Å²) in [5, 5.41) is 0. The third-order valence-corrected chi connectivity index (χ3v) is 1.02. The van der Waals surface area contributed by atoms with Gasteiger partial charge in [0, 0.05) is 6.00 Å². The molecule has 0 saturated carbocycles. The van der Waals surface area contributed by atoms with Gasteiger partial charge in [-0.3, -0.25) is 0 Å². The van der Waals surface area contributed by atoms with Gasteiger partial charge in [0.25, 0.3) is 0 Å². The number of ether oxygens (including phenoxy) is 1. The summed E-state index contributed by atoms with van der Waals surface area (Å²) < 4.78 is 5.18. The molecule has 0 N–H and O–H groups in total. The molecule has 0 aliphatic heterocycles. The molecule has 2 atom stereocenters. The Morgan fingerprint density at radius 1 is 1.50 bits per heavy atom. The fourth-order valence-corrected chi connectivity index (χ4v) is 0.463. The quantitative estimate of drug-likeness (QED) is 0.500. The van der Waals surface area contributed by atoms with Gasteiger partial charge in [0.05, 0.1) is 6.10 Å². The van der Waals surface area contributed by atoms with E-state index in [1.165, 1.54) is 0 Å². The van der Waals surface area contributed by atoms with E-state index in [9.17, 15) is 0 Å². The van der Waals surface area contributed by atoms with Crippen LogP contribution in [0.2, 0.25) is 0 Å². The zero-order valence-corrected chi connectivity index (χ0v) is 5.85. The van der Waals surface area contributed by atoms with Crippen LogP contribution in [-0.2, 0) is 4.74 Å².